The highest BCUT2D eigenvalue weighted by Crippen LogP contribution is 2.43. The lowest BCUT2D eigenvalue weighted by Crippen LogP contribution is -2.19. The number of hydrogen-bond donors (Lipinski definition) is 1. The Balaban J connectivity index is 2.27. The molecule has 0 atom stereocenters. The van der Waals surface area contributed by atoms with E-state index in [4.69, 9.17) is 5.73 Å². The van der Waals surface area contributed by atoms with Crippen molar-refractivity contribution in [3.63, 3.8) is 0 Å². The van der Waals surface area contributed by atoms with Crippen molar-refractivity contribution in [2.24, 2.45) is 5.73 Å². The summed E-state index contributed by atoms with van der Waals surface area (Å²) in [6.45, 7) is 2.08. The minimum atomic E-state index is -0.138. The van der Waals surface area contributed by atoms with Crippen molar-refractivity contribution in [2.75, 3.05) is 0 Å². The standard InChI is InChI=1S/C11H14N4/c1-2-9-13-14-10-8(11(12)5-6-11)4-3-7-15(9)10/h3-4,7H,2,5-6,12H2,1H3. The van der Waals surface area contributed by atoms with E-state index in [0.29, 0.717) is 0 Å². The summed E-state index contributed by atoms with van der Waals surface area (Å²) in [5.41, 5.74) is 8.13. The lowest BCUT2D eigenvalue weighted by molar-refractivity contribution is 0.739. The zero-order valence-electron chi connectivity index (χ0n) is 8.77. The van der Waals surface area contributed by atoms with Gasteiger partial charge in [0.2, 0.25) is 0 Å². The number of aryl methyl sites for hydroxylation is 1. The zero-order valence-corrected chi connectivity index (χ0v) is 8.77. The van der Waals surface area contributed by atoms with Crippen LogP contribution in [0.25, 0.3) is 5.65 Å². The zero-order chi connectivity index (χ0) is 10.5. The molecule has 2 heterocycles. The summed E-state index contributed by atoms with van der Waals surface area (Å²) >= 11 is 0. The van der Waals surface area contributed by atoms with Gasteiger partial charge in [0, 0.05) is 23.7 Å². The Labute approximate surface area is 88.1 Å². The molecule has 0 aliphatic heterocycles. The van der Waals surface area contributed by atoms with E-state index in [1.54, 1.807) is 0 Å². The molecule has 4 nitrogen and oxygen atoms in total. The van der Waals surface area contributed by atoms with E-state index < -0.39 is 0 Å². The minimum absolute atomic E-state index is 0.138. The van der Waals surface area contributed by atoms with E-state index in [0.717, 1.165) is 36.3 Å². The fourth-order valence-electron chi connectivity index (χ4n) is 2.00. The summed E-state index contributed by atoms with van der Waals surface area (Å²) in [5, 5.41) is 8.40. The Bertz CT molecular complexity index is 510. The highest BCUT2D eigenvalue weighted by Gasteiger charge is 2.42. The number of pyridine rings is 1. The van der Waals surface area contributed by atoms with E-state index in [-0.39, 0.29) is 5.54 Å². The van der Waals surface area contributed by atoms with Crippen LogP contribution in [0.2, 0.25) is 0 Å². The number of aromatic nitrogens is 3. The van der Waals surface area contributed by atoms with Crippen LogP contribution in [-0.2, 0) is 12.0 Å². The van der Waals surface area contributed by atoms with Crippen LogP contribution in [0, 0.1) is 0 Å². The van der Waals surface area contributed by atoms with Gasteiger partial charge in [-0.15, -0.1) is 10.2 Å². The van der Waals surface area contributed by atoms with Crippen molar-refractivity contribution in [1.82, 2.24) is 14.6 Å². The van der Waals surface area contributed by atoms with Gasteiger partial charge in [-0.2, -0.15) is 0 Å². The van der Waals surface area contributed by atoms with Crippen LogP contribution in [0.1, 0.15) is 31.2 Å². The van der Waals surface area contributed by atoms with Crippen molar-refractivity contribution >= 4 is 5.65 Å². The molecule has 1 saturated carbocycles. The second kappa shape index (κ2) is 2.79. The molecule has 0 saturated heterocycles. The molecule has 0 radical (unpaired) electrons. The number of nitrogens with zero attached hydrogens (tertiary/aromatic N) is 3. The topological polar surface area (TPSA) is 56.2 Å². The predicted octanol–water partition coefficient (Wildman–Crippen LogP) is 1.24. The lowest BCUT2D eigenvalue weighted by Gasteiger charge is -2.09. The monoisotopic (exact) mass is 202 g/mol. The van der Waals surface area contributed by atoms with Crippen molar-refractivity contribution in [3.05, 3.63) is 29.7 Å². The fourth-order valence-corrected chi connectivity index (χ4v) is 2.00. The first-order chi connectivity index (χ1) is 7.24. The van der Waals surface area contributed by atoms with Gasteiger partial charge in [-0.1, -0.05) is 13.0 Å². The third-order valence-electron chi connectivity index (χ3n) is 3.15. The van der Waals surface area contributed by atoms with Gasteiger partial charge in [-0.25, -0.2) is 0 Å². The molecule has 0 aromatic carbocycles. The third kappa shape index (κ3) is 1.18. The molecule has 4 heteroatoms. The first-order valence-electron chi connectivity index (χ1n) is 5.36. The summed E-state index contributed by atoms with van der Waals surface area (Å²) in [6, 6.07) is 4.09. The first-order valence-corrected chi connectivity index (χ1v) is 5.36. The molecule has 0 amide bonds. The molecule has 0 unspecified atom stereocenters. The number of nitrogens with two attached hydrogens (primary N) is 1. The van der Waals surface area contributed by atoms with E-state index in [2.05, 4.69) is 23.2 Å². The Morgan fingerprint density at radius 2 is 2.27 bits per heavy atom. The van der Waals surface area contributed by atoms with E-state index in [1.807, 2.05) is 16.7 Å². The van der Waals surface area contributed by atoms with Crippen molar-refractivity contribution in [2.45, 2.75) is 31.7 Å². The van der Waals surface area contributed by atoms with E-state index in [1.165, 1.54) is 0 Å². The largest absolute Gasteiger partial charge is 0.321 e. The van der Waals surface area contributed by atoms with Crippen molar-refractivity contribution < 1.29 is 0 Å². The van der Waals surface area contributed by atoms with Crippen molar-refractivity contribution in [3.8, 4) is 0 Å². The van der Waals surface area contributed by atoms with E-state index in [9.17, 15) is 0 Å². The third-order valence-corrected chi connectivity index (χ3v) is 3.15. The maximum absolute atomic E-state index is 6.20. The summed E-state index contributed by atoms with van der Waals surface area (Å²) in [7, 11) is 0. The molecule has 15 heavy (non-hydrogen) atoms. The van der Waals surface area contributed by atoms with Gasteiger partial charge in [0.25, 0.3) is 0 Å². The average molecular weight is 202 g/mol. The van der Waals surface area contributed by atoms with Gasteiger partial charge in [0.1, 0.15) is 5.82 Å². The molecule has 2 N–H and O–H groups in total. The summed E-state index contributed by atoms with van der Waals surface area (Å²) in [4.78, 5) is 0. The van der Waals surface area contributed by atoms with Gasteiger partial charge in [0.15, 0.2) is 5.65 Å². The summed E-state index contributed by atoms with van der Waals surface area (Å²) in [5.74, 6) is 0.996. The number of hydrogen-bond acceptors (Lipinski definition) is 3. The Hall–Kier alpha value is -1.42. The molecule has 1 fully saturated rings. The van der Waals surface area contributed by atoms with Crippen LogP contribution in [0.3, 0.4) is 0 Å². The fraction of sp³-hybridized carbons (Fsp3) is 0.455. The Morgan fingerprint density at radius 1 is 1.47 bits per heavy atom. The molecule has 1 aliphatic carbocycles. The van der Waals surface area contributed by atoms with Crippen molar-refractivity contribution in [1.29, 1.82) is 0 Å². The molecule has 0 bridgehead atoms. The van der Waals surface area contributed by atoms with Gasteiger partial charge in [-0.05, 0) is 18.9 Å². The number of fused-ring (bicyclic) bond motifs is 1. The quantitative estimate of drug-likeness (QED) is 0.797. The predicted molar refractivity (Wildman–Crippen MR) is 57.5 cm³/mol. The molecule has 1 aliphatic rings. The lowest BCUT2D eigenvalue weighted by atomic mass is 10.1. The molecule has 2 aromatic rings. The molecular weight excluding hydrogens is 188 g/mol. The first kappa shape index (κ1) is 8.85. The molecule has 0 spiro atoms. The average Bonchev–Trinajstić information content (AvgIpc) is 2.87. The molecule has 78 valence electrons. The van der Waals surface area contributed by atoms with Crippen LogP contribution in [0.4, 0.5) is 0 Å². The van der Waals surface area contributed by atoms with Gasteiger partial charge < -0.3 is 5.73 Å². The maximum Gasteiger partial charge on any atom is 0.165 e. The Kier molecular flexibility index (Phi) is 1.65. The number of rotatable bonds is 2. The van der Waals surface area contributed by atoms with Crippen LogP contribution in [-0.4, -0.2) is 14.6 Å². The SMILES string of the molecule is CCc1nnc2c(C3(N)CC3)cccn12. The van der Waals surface area contributed by atoms with Gasteiger partial charge in [0.05, 0.1) is 0 Å². The highest BCUT2D eigenvalue weighted by molar-refractivity contribution is 5.53. The van der Waals surface area contributed by atoms with Crippen LogP contribution < -0.4 is 5.73 Å². The highest BCUT2D eigenvalue weighted by atomic mass is 15.2. The van der Waals surface area contributed by atoms with Gasteiger partial charge in [-0.3, -0.25) is 4.40 Å². The molecule has 3 rings (SSSR count). The molecular formula is C11H14N4. The minimum Gasteiger partial charge on any atom is -0.321 e. The second-order valence-corrected chi connectivity index (χ2v) is 4.24. The second-order valence-electron chi connectivity index (χ2n) is 4.24. The summed E-state index contributed by atoms with van der Waals surface area (Å²) in [6.07, 6.45) is 5.01. The van der Waals surface area contributed by atoms with E-state index >= 15 is 0 Å². The van der Waals surface area contributed by atoms with Crippen LogP contribution in [0.15, 0.2) is 18.3 Å². The summed E-state index contributed by atoms with van der Waals surface area (Å²) < 4.78 is 2.04. The Morgan fingerprint density at radius 3 is 2.93 bits per heavy atom. The van der Waals surface area contributed by atoms with Crippen LogP contribution in [0.5, 0.6) is 0 Å². The normalized spacial score (nSPS) is 18.3. The smallest absolute Gasteiger partial charge is 0.165 e. The maximum atomic E-state index is 6.20. The molecule has 2 aromatic heterocycles. The van der Waals surface area contributed by atoms with Gasteiger partial charge >= 0.3 is 0 Å². The van der Waals surface area contributed by atoms with Crippen LogP contribution >= 0.6 is 0 Å².